The first-order chi connectivity index (χ1) is 30.1. The minimum Gasteiger partial charge on any atom is -0.308 e. The zero-order valence-electron chi connectivity index (χ0n) is 39.4. The normalized spacial score (nSPS) is 15.7. The molecule has 4 heteroatoms. The van der Waals surface area contributed by atoms with Crippen molar-refractivity contribution < 1.29 is 19.2 Å². The van der Waals surface area contributed by atoms with E-state index < -0.39 is 118 Å². The maximum absolute atomic E-state index is 9.25. The molecule has 0 aliphatic rings. The van der Waals surface area contributed by atoms with E-state index in [0.717, 1.165) is 43.5 Å². The van der Waals surface area contributed by atoms with Crippen molar-refractivity contribution in [3.8, 4) is 51.0 Å². The molecule has 0 fully saturated rings. The molecule has 0 amide bonds. The molecule has 8 aromatic carbocycles. The maximum Gasteiger partial charge on any atom is 0.166 e. The Balaban J connectivity index is 1.35. The Kier molecular flexibility index (Phi) is 3.79. The Hall–Kier alpha value is -6.65. The predicted octanol–water partition coefficient (Wildman–Crippen LogP) is 11.4. The molecule has 10 rings (SSSR count). The van der Waals surface area contributed by atoms with Crippen LogP contribution in [0.4, 0.5) is 0 Å². The number of fused-ring (bicyclic) bond motifs is 3. The third-order valence-corrected chi connectivity index (χ3v) is 8.66. The first-order valence-electron chi connectivity index (χ1n) is 22.4. The van der Waals surface area contributed by atoms with Gasteiger partial charge >= 0.3 is 0 Å². The lowest BCUT2D eigenvalue weighted by Crippen LogP contribution is -2.02. The lowest BCUT2D eigenvalue weighted by molar-refractivity contribution is 1.07. The second-order valence-electron chi connectivity index (χ2n) is 11.4. The van der Waals surface area contributed by atoms with E-state index in [9.17, 15) is 2.74 Å². The average Bonchev–Trinajstić information content (AvgIpc) is 3.65. The van der Waals surface area contributed by atoms with E-state index in [2.05, 4.69) is 21.7 Å². The molecule has 49 heavy (non-hydrogen) atoms. The fourth-order valence-corrected chi connectivity index (χ4v) is 6.62. The van der Waals surface area contributed by atoms with Crippen molar-refractivity contribution in [2.24, 2.45) is 0 Å². The summed E-state index contributed by atoms with van der Waals surface area (Å²) in [7, 11) is 0. The van der Waals surface area contributed by atoms with Gasteiger partial charge in [0, 0.05) is 33.2 Å². The molecule has 0 bridgehead atoms. The van der Waals surface area contributed by atoms with Crippen LogP contribution in [0.3, 0.4) is 0 Å². The highest BCUT2D eigenvalue weighted by Gasteiger charge is 2.24. The van der Waals surface area contributed by atoms with Gasteiger partial charge in [-0.1, -0.05) is 145 Å². The van der Waals surface area contributed by atoms with E-state index in [0.29, 0.717) is 11.1 Å². The summed E-state index contributed by atoms with van der Waals surface area (Å²) in [4.78, 5) is 14.1. The monoisotopic (exact) mass is 638 g/mol. The van der Waals surface area contributed by atoms with Crippen molar-refractivity contribution in [3.63, 3.8) is 0 Å². The van der Waals surface area contributed by atoms with Gasteiger partial charge in [-0.15, -0.1) is 0 Å². The molecular formula is C45H28N4. The summed E-state index contributed by atoms with van der Waals surface area (Å²) in [6.07, 6.45) is 0. The van der Waals surface area contributed by atoms with Crippen LogP contribution in [0.5, 0.6) is 0 Å². The molecule has 0 N–H and O–H groups in total. The number of hydrogen-bond acceptors (Lipinski definition) is 3. The second kappa shape index (κ2) is 11.0. The van der Waals surface area contributed by atoms with Gasteiger partial charge in [0.25, 0.3) is 0 Å². The molecule has 0 spiro atoms. The van der Waals surface area contributed by atoms with Crippen LogP contribution < -0.4 is 0 Å². The highest BCUT2D eigenvalue weighted by Crippen LogP contribution is 2.46. The molecular weight excluding hydrogens is 597 g/mol. The number of nitrogens with zero attached hydrogens (tertiary/aromatic N) is 4. The average molecular weight is 639 g/mol. The Morgan fingerprint density at radius 1 is 0.408 bits per heavy atom. The summed E-state index contributed by atoms with van der Waals surface area (Å²) < 4.78 is 123. The molecule has 0 aliphatic carbocycles. The second-order valence-corrected chi connectivity index (χ2v) is 11.4. The van der Waals surface area contributed by atoms with Crippen LogP contribution in [0.15, 0.2) is 170 Å². The standard InChI is InChI=1S/C45H28N4/c1-4-13-29(14-5-1)30-23-25-32(26-24-30)44-46-43(31-15-6-2-7-16-31)47-45(48-44)38-28-27-37-35-20-11-10-19-34(35)36-21-12-22-39-40(36)41(37)42(38)49(39)33-17-8-3-9-18-33/h1-28H/i1D,2D,4D,5D,6D,7D,13D,14D,15D,16D,23D,24D,25D,26D. The van der Waals surface area contributed by atoms with E-state index in [1.807, 2.05) is 66.7 Å². The Morgan fingerprint density at radius 3 is 1.63 bits per heavy atom. The third-order valence-electron chi connectivity index (χ3n) is 8.66. The predicted molar refractivity (Wildman–Crippen MR) is 202 cm³/mol. The largest absolute Gasteiger partial charge is 0.308 e. The van der Waals surface area contributed by atoms with Crippen LogP contribution >= 0.6 is 0 Å². The number of hydrogen-bond donors (Lipinski definition) is 0. The lowest BCUT2D eigenvalue weighted by atomic mass is 9.93. The van der Waals surface area contributed by atoms with Crippen LogP contribution in [0, 0.1) is 0 Å². The minimum absolute atomic E-state index is 0.0830. The number of aromatic nitrogens is 4. The fraction of sp³-hybridized carbons (Fsp3) is 0. The van der Waals surface area contributed by atoms with Crippen LogP contribution in [-0.4, -0.2) is 19.5 Å². The van der Waals surface area contributed by atoms with E-state index >= 15 is 0 Å². The third kappa shape index (κ3) is 4.35. The van der Waals surface area contributed by atoms with Crippen molar-refractivity contribution in [3.05, 3.63) is 170 Å². The van der Waals surface area contributed by atoms with Gasteiger partial charge in [0.15, 0.2) is 17.5 Å². The molecule has 0 radical (unpaired) electrons. The van der Waals surface area contributed by atoms with Crippen LogP contribution in [0.1, 0.15) is 19.2 Å². The Labute approximate surface area is 302 Å². The zero-order chi connectivity index (χ0) is 44.5. The Morgan fingerprint density at radius 2 is 0.939 bits per heavy atom. The summed E-state index contributed by atoms with van der Waals surface area (Å²) in [5, 5.41) is 5.75. The zero-order valence-corrected chi connectivity index (χ0v) is 25.4. The molecule has 2 aromatic heterocycles. The summed E-state index contributed by atoms with van der Waals surface area (Å²) in [6, 6.07) is 17.7. The molecule has 10 aromatic rings. The van der Waals surface area contributed by atoms with E-state index in [-0.39, 0.29) is 5.82 Å². The maximum atomic E-state index is 9.25. The number of para-hydroxylation sites is 1. The first-order valence-corrected chi connectivity index (χ1v) is 15.4. The summed E-state index contributed by atoms with van der Waals surface area (Å²) in [6.45, 7) is 0. The smallest absolute Gasteiger partial charge is 0.166 e. The highest BCUT2D eigenvalue weighted by molar-refractivity contribution is 6.35. The van der Waals surface area contributed by atoms with Crippen LogP contribution in [0.2, 0.25) is 0 Å². The SMILES string of the molecule is [2H]c1c([2H])c([2H])c(-c2nc(-c3c([2H])c([2H])c(-c4c([2H])c([2H])c([2H])c([2H])c4[2H])c([2H])c3[2H])nc(-c3ccc4c5ccccc5c5cccc6c5c4c3n6-c3ccccc3)n2)c([2H])c1[2H]. The molecule has 0 atom stereocenters. The van der Waals surface area contributed by atoms with Gasteiger partial charge in [0.2, 0.25) is 0 Å². The van der Waals surface area contributed by atoms with E-state index in [4.69, 9.17) is 26.4 Å². The van der Waals surface area contributed by atoms with Crippen LogP contribution in [0.25, 0.3) is 94.3 Å². The van der Waals surface area contributed by atoms with Crippen molar-refractivity contribution in [2.45, 2.75) is 0 Å². The summed E-state index contributed by atoms with van der Waals surface area (Å²) in [5.74, 6) is -0.930. The Bertz CT molecular complexity index is 3540. The van der Waals surface area contributed by atoms with Gasteiger partial charge in [-0.25, -0.2) is 15.0 Å². The van der Waals surface area contributed by atoms with Gasteiger partial charge in [-0.3, -0.25) is 0 Å². The summed E-state index contributed by atoms with van der Waals surface area (Å²) in [5.41, 5.74) is 0.776. The molecule has 0 aliphatic heterocycles. The molecule has 0 unspecified atom stereocenters. The van der Waals surface area contributed by atoms with E-state index in [1.165, 1.54) is 0 Å². The number of rotatable bonds is 5. The molecule has 228 valence electrons. The van der Waals surface area contributed by atoms with Crippen molar-refractivity contribution >= 4 is 43.4 Å². The molecule has 4 nitrogen and oxygen atoms in total. The molecule has 0 saturated carbocycles. The van der Waals surface area contributed by atoms with Gasteiger partial charge in [0.05, 0.1) is 30.2 Å². The van der Waals surface area contributed by atoms with Gasteiger partial charge in [-0.2, -0.15) is 0 Å². The first kappa shape index (κ1) is 17.0. The lowest BCUT2D eigenvalue weighted by Gasteiger charge is -2.14. The molecule has 2 heterocycles. The topological polar surface area (TPSA) is 43.6 Å². The van der Waals surface area contributed by atoms with Gasteiger partial charge < -0.3 is 4.57 Å². The van der Waals surface area contributed by atoms with E-state index in [1.54, 1.807) is 6.07 Å². The van der Waals surface area contributed by atoms with Crippen molar-refractivity contribution in [2.75, 3.05) is 0 Å². The fourth-order valence-electron chi connectivity index (χ4n) is 6.62. The van der Waals surface area contributed by atoms with Gasteiger partial charge in [0.1, 0.15) is 0 Å². The summed E-state index contributed by atoms with van der Waals surface area (Å²) >= 11 is 0. The number of benzene rings is 8. The van der Waals surface area contributed by atoms with Crippen LogP contribution in [-0.2, 0) is 0 Å². The quantitative estimate of drug-likeness (QED) is 0.176. The highest BCUT2D eigenvalue weighted by atomic mass is 15.0. The van der Waals surface area contributed by atoms with Gasteiger partial charge in [-0.05, 0) is 56.9 Å². The van der Waals surface area contributed by atoms with Crippen molar-refractivity contribution in [1.29, 1.82) is 0 Å². The molecule has 0 saturated heterocycles. The minimum atomic E-state index is -0.750. The van der Waals surface area contributed by atoms with Crippen molar-refractivity contribution in [1.82, 2.24) is 19.5 Å².